The van der Waals surface area contributed by atoms with Gasteiger partial charge in [-0.1, -0.05) is 133 Å². The first-order valence-corrected chi connectivity index (χ1v) is 19.3. The minimum atomic E-state index is -5.05. The molecular formula is C49H35F6N3O2. The zero-order chi connectivity index (χ0) is 41.8. The van der Waals surface area contributed by atoms with E-state index >= 15 is 0 Å². The minimum absolute atomic E-state index is 0.0481. The molecule has 0 aliphatic carbocycles. The Hall–Kier alpha value is -6.72. The Morgan fingerprint density at radius 3 is 1.52 bits per heavy atom. The van der Waals surface area contributed by atoms with E-state index in [1.807, 2.05) is 84.9 Å². The van der Waals surface area contributed by atoms with Crippen LogP contribution in [-0.4, -0.2) is 4.90 Å². The van der Waals surface area contributed by atoms with Gasteiger partial charge in [0.25, 0.3) is 10.9 Å². The number of nitrogens with zero attached hydrogens (tertiary/aromatic N) is 1. The molecule has 0 bridgehead atoms. The first-order valence-electron chi connectivity index (χ1n) is 19.3. The van der Waals surface area contributed by atoms with Crippen molar-refractivity contribution in [3.05, 3.63) is 211 Å². The summed E-state index contributed by atoms with van der Waals surface area (Å²) in [5.74, 6) is 0. The van der Waals surface area contributed by atoms with Gasteiger partial charge in [0.2, 0.25) is 0 Å². The molecule has 1 aliphatic rings. The molecule has 11 heteroatoms. The zero-order valence-electron chi connectivity index (χ0n) is 31.7. The van der Waals surface area contributed by atoms with Gasteiger partial charge in [-0.15, -0.1) is 0 Å². The maximum absolute atomic E-state index is 13.7. The summed E-state index contributed by atoms with van der Waals surface area (Å²) in [7, 11) is 0. The van der Waals surface area contributed by atoms with Gasteiger partial charge in [-0.3, -0.25) is 14.5 Å². The van der Waals surface area contributed by atoms with E-state index in [0.29, 0.717) is 25.2 Å². The molecular weight excluding hydrogens is 777 g/mol. The molecule has 8 aromatic rings. The van der Waals surface area contributed by atoms with Crippen molar-refractivity contribution in [3.63, 3.8) is 0 Å². The summed E-state index contributed by atoms with van der Waals surface area (Å²) < 4.78 is 82.1. The molecule has 8 aromatic carbocycles. The number of nitrogens with one attached hydrogen (secondary N) is 2. The fraction of sp³-hybridized carbons (Fsp3) is 0.143. The smallest absolute Gasteiger partial charge is 0.376 e. The lowest BCUT2D eigenvalue weighted by molar-refractivity contribution is -0.143. The Morgan fingerprint density at radius 1 is 0.533 bits per heavy atom. The molecule has 0 saturated heterocycles. The number of fused-ring (bicyclic) bond motifs is 7. The van der Waals surface area contributed by atoms with Crippen LogP contribution < -0.4 is 21.5 Å². The number of halogens is 6. The number of benzene rings is 7. The van der Waals surface area contributed by atoms with Crippen LogP contribution >= 0.6 is 0 Å². The van der Waals surface area contributed by atoms with Gasteiger partial charge in [-0.25, -0.2) is 0 Å². The first-order chi connectivity index (χ1) is 28.8. The molecule has 0 aromatic heterocycles. The average molecular weight is 812 g/mol. The molecule has 9 rings (SSSR count). The standard InChI is InChI=1S/C49H35F6N3O2/c50-48(51,52)36-23-29(24-37(25-36)49(53,54)55)26-56-43-44(47(60)46(43)59)57-42(32-13-3-1-4-14-32)45(33-15-5-2-6-16-33)58-27-34-21-19-30-11-7-9-17-38(30)40(34)41-35(28-58)22-20-31-12-8-10-18-39(31)41/h1-25,42,45,56-57H,26-28H2/t42-,45-/m0/s1. The molecule has 0 radical (unpaired) electrons. The minimum Gasteiger partial charge on any atom is -0.376 e. The first kappa shape index (κ1) is 38.8. The van der Waals surface area contributed by atoms with Crippen LogP contribution in [0.5, 0.6) is 0 Å². The summed E-state index contributed by atoms with van der Waals surface area (Å²) in [4.78, 5) is 29.0. The third-order valence-corrected chi connectivity index (χ3v) is 11.4. The van der Waals surface area contributed by atoms with Crippen LogP contribution in [0.3, 0.4) is 0 Å². The summed E-state index contributed by atoms with van der Waals surface area (Å²) in [6, 6.07) is 44.4. The van der Waals surface area contributed by atoms with Crippen molar-refractivity contribution < 1.29 is 26.3 Å². The van der Waals surface area contributed by atoms with E-state index < -0.39 is 53.0 Å². The van der Waals surface area contributed by atoms with Gasteiger partial charge >= 0.3 is 12.4 Å². The summed E-state index contributed by atoms with van der Waals surface area (Å²) >= 11 is 0. The second-order valence-corrected chi connectivity index (χ2v) is 15.1. The highest BCUT2D eigenvalue weighted by molar-refractivity contribution is 6.08. The highest BCUT2D eigenvalue weighted by Gasteiger charge is 2.38. The van der Waals surface area contributed by atoms with Gasteiger partial charge in [0.05, 0.1) is 23.2 Å². The predicted octanol–water partition coefficient (Wildman–Crippen LogP) is 11.8. The molecule has 0 fully saturated rings. The molecule has 0 spiro atoms. The van der Waals surface area contributed by atoms with Crippen molar-refractivity contribution in [1.29, 1.82) is 0 Å². The number of hydrogen-bond donors (Lipinski definition) is 2. The van der Waals surface area contributed by atoms with Crippen LogP contribution in [0.1, 0.15) is 51.0 Å². The van der Waals surface area contributed by atoms with E-state index in [1.165, 1.54) is 0 Å². The molecule has 2 N–H and O–H groups in total. The molecule has 1 heterocycles. The second-order valence-electron chi connectivity index (χ2n) is 15.1. The maximum atomic E-state index is 13.7. The molecule has 5 nitrogen and oxygen atoms in total. The Balaban J connectivity index is 1.16. The highest BCUT2D eigenvalue weighted by atomic mass is 19.4. The van der Waals surface area contributed by atoms with Gasteiger partial charge in [0, 0.05) is 19.6 Å². The lowest BCUT2D eigenvalue weighted by Crippen LogP contribution is -2.41. The van der Waals surface area contributed by atoms with E-state index in [9.17, 15) is 35.9 Å². The summed E-state index contributed by atoms with van der Waals surface area (Å²) in [5, 5.41) is 10.5. The van der Waals surface area contributed by atoms with Gasteiger partial charge < -0.3 is 10.6 Å². The van der Waals surface area contributed by atoms with E-state index in [2.05, 4.69) is 64.1 Å². The second kappa shape index (κ2) is 15.1. The Labute approximate surface area is 340 Å². The van der Waals surface area contributed by atoms with E-state index in [4.69, 9.17) is 0 Å². The predicted molar refractivity (Wildman–Crippen MR) is 223 cm³/mol. The largest absolute Gasteiger partial charge is 0.416 e. The summed E-state index contributed by atoms with van der Waals surface area (Å²) in [6.45, 7) is 0.399. The normalized spacial score (nSPS) is 14.4. The summed E-state index contributed by atoms with van der Waals surface area (Å²) in [6.07, 6.45) is -10.1. The van der Waals surface area contributed by atoms with E-state index in [-0.39, 0.29) is 23.0 Å². The SMILES string of the molecule is O=c1c(NCc2cc(C(F)(F)F)cc(C(F)(F)F)c2)c(N[C@@H](c2ccccc2)[C@H](c2ccccc2)N2Cc3ccc4ccccc4c3-c3c(ccc4ccccc34)C2)c1=O. The quantitative estimate of drug-likeness (QED) is 0.112. The van der Waals surface area contributed by atoms with Crippen molar-refractivity contribution in [2.75, 3.05) is 10.6 Å². The van der Waals surface area contributed by atoms with Crippen LogP contribution in [0.15, 0.2) is 161 Å². The van der Waals surface area contributed by atoms with Crippen molar-refractivity contribution in [1.82, 2.24) is 4.90 Å². The Morgan fingerprint density at radius 2 is 1.00 bits per heavy atom. The maximum Gasteiger partial charge on any atom is 0.416 e. The third kappa shape index (κ3) is 7.19. The molecule has 0 amide bonds. The molecule has 1 aliphatic heterocycles. The van der Waals surface area contributed by atoms with Crippen LogP contribution in [0.25, 0.3) is 32.7 Å². The average Bonchev–Trinajstić information content (AvgIpc) is 3.42. The van der Waals surface area contributed by atoms with Crippen molar-refractivity contribution >= 4 is 32.9 Å². The van der Waals surface area contributed by atoms with Crippen LogP contribution in [-0.2, 0) is 32.0 Å². The van der Waals surface area contributed by atoms with Crippen molar-refractivity contribution in [2.24, 2.45) is 0 Å². The van der Waals surface area contributed by atoms with Crippen LogP contribution in [0.4, 0.5) is 37.7 Å². The molecule has 300 valence electrons. The fourth-order valence-electron chi connectivity index (χ4n) is 8.61. The lowest BCUT2D eigenvalue weighted by atomic mass is 9.88. The molecule has 2 atom stereocenters. The topological polar surface area (TPSA) is 61.4 Å². The van der Waals surface area contributed by atoms with Crippen LogP contribution in [0.2, 0.25) is 0 Å². The van der Waals surface area contributed by atoms with Crippen molar-refractivity contribution in [2.45, 2.75) is 44.1 Å². The number of hydrogen-bond acceptors (Lipinski definition) is 5. The van der Waals surface area contributed by atoms with Crippen LogP contribution in [0, 0.1) is 0 Å². The summed E-state index contributed by atoms with van der Waals surface area (Å²) in [5.41, 5.74) is 0.707. The van der Waals surface area contributed by atoms with Gasteiger partial charge in [0.15, 0.2) is 0 Å². The van der Waals surface area contributed by atoms with Gasteiger partial charge in [-0.05, 0) is 78.7 Å². The zero-order valence-corrected chi connectivity index (χ0v) is 31.7. The molecule has 60 heavy (non-hydrogen) atoms. The highest BCUT2D eigenvalue weighted by Crippen LogP contribution is 2.46. The Kier molecular flexibility index (Phi) is 9.79. The lowest BCUT2D eigenvalue weighted by Gasteiger charge is -2.39. The number of anilines is 2. The molecule has 0 saturated carbocycles. The van der Waals surface area contributed by atoms with E-state index in [1.54, 1.807) is 0 Å². The third-order valence-electron chi connectivity index (χ3n) is 11.4. The molecule has 0 unspecified atom stereocenters. The van der Waals surface area contributed by atoms with Crippen molar-refractivity contribution in [3.8, 4) is 11.1 Å². The number of rotatable bonds is 9. The number of alkyl halides is 6. The van der Waals surface area contributed by atoms with Gasteiger partial charge in [-0.2, -0.15) is 26.3 Å². The fourth-order valence-corrected chi connectivity index (χ4v) is 8.61. The van der Waals surface area contributed by atoms with E-state index in [0.717, 1.165) is 54.9 Å². The van der Waals surface area contributed by atoms with Gasteiger partial charge in [0.1, 0.15) is 11.4 Å². The monoisotopic (exact) mass is 811 g/mol. The Bertz CT molecular complexity index is 2840.